The van der Waals surface area contributed by atoms with E-state index in [1.54, 1.807) is 18.0 Å². The number of ether oxygens (including phenoxy) is 1. The zero-order chi connectivity index (χ0) is 14.4. The van der Waals surface area contributed by atoms with Crippen LogP contribution in [0.15, 0.2) is 42.7 Å². The Hall–Kier alpha value is -1.75. The first kappa shape index (κ1) is 14.7. The largest absolute Gasteiger partial charge is 0.469 e. The first-order valence-corrected chi connectivity index (χ1v) is 7.51. The second-order valence-corrected chi connectivity index (χ2v) is 5.95. The molecule has 2 aromatic rings. The van der Waals surface area contributed by atoms with Gasteiger partial charge in [-0.3, -0.25) is 4.79 Å². The highest BCUT2D eigenvalue weighted by molar-refractivity contribution is 7.99. The molecule has 20 heavy (non-hydrogen) atoms. The molecule has 0 bridgehead atoms. The number of rotatable bonds is 6. The molecule has 0 aliphatic carbocycles. The van der Waals surface area contributed by atoms with Crippen LogP contribution in [0.1, 0.15) is 18.9 Å². The van der Waals surface area contributed by atoms with Crippen LogP contribution in [0.3, 0.4) is 0 Å². The maximum atomic E-state index is 11.2. The molecule has 1 atom stereocenters. The van der Waals surface area contributed by atoms with Gasteiger partial charge >= 0.3 is 5.97 Å². The summed E-state index contributed by atoms with van der Waals surface area (Å²) < 4.78 is 6.52. The van der Waals surface area contributed by atoms with Crippen molar-refractivity contribution in [2.45, 2.75) is 24.3 Å². The lowest BCUT2D eigenvalue weighted by Crippen LogP contribution is -2.08. The van der Waals surface area contributed by atoms with Gasteiger partial charge < -0.3 is 4.74 Å². The predicted molar refractivity (Wildman–Crippen MR) is 81.0 cm³/mol. The Morgan fingerprint density at radius 3 is 3.00 bits per heavy atom. The quantitative estimate of drug-likeness (QED) is 0.767. The Morgan fingerprint density at radius 2 is 2.30 bits per heavy atom. The minimum atomic E-state index is -0.157. The molecule has 0 aliphatic heterocycles. The van der Waals surface area contributed by atoms with Gasteiger partial charge in [0.15, 0.2) is 0 Å². The Kier molecular flexibility index (Phi) is 5.24. The van der Waals surface area contributed by atoms with E-state index in [9.17, 15) is 4.79 Å². The summed E-state index contributed by atoms with van der Waals surface area (Å²) in [6.45, 7) is 2.04. The summed E-state index contributed by atoms with van der Waals surface area (Å²) in [5, 5.41) is 4.47. The third-order valence-corrected chi connectivity index (χ3v) is 4.13. The molecule has 0 saturated heterocycles. The van der Waals surface area contributed by atoms with Crippen molar-refractivity contribution in [3.8, 4) is 5.69 Å². The molecule has 1 aromatic heterocycles. The van der Waals surface area contributed by atoms with Gasteiger partial charge in [0.1, 0.15) is 0 Å². The first-order chi connectivity index (χ1) is 9.69. The molecule has 0 saturated carbocycles. The minimum Gasteiger partial charge on any atom is -0.469 e. The fourth-order valence-electron chi connectivity index (χ4n) is 1.83. The van der Waals surface area contributed by atoms with E-state index in [1.165, 1.54) is 12.7 Å². The Morgan fingerprint density at radius 1 is 1.45 bits per heavy atom. The van der Waals surface area contributed by atoms with Crippen LogP contribution in [0.5, 0.6) is 0 Å². The Labute approximate surface area is 123 Å². The number of hydrogen-bond acceptors (Lipinski definition) is 4. The molecule has 106 valence electrons. The zero-order valence-electron chi connectivity index (χ0n) is 11.7. The van der Waals surface area contributed by atoms with Crippen LogP contribution in [0.4, 0.5) is 0 Å². The van der Waals surface area contributed by atoms with Crippen molar-refractivity contribution < 1.29 is 9.53 Å². The van der Waals surface area contributed by atoms with Gasteiger partial charge in [0, 0.05) is 23.4 Å². The predicted octanol–water partition coefficient (Wildman–Crippen LogP) is 3.06. The van der Waals surface area contributed by atoms with Crippen molar-refractivity contribution in [3.05, 3.63) is 48.3 Å². The second kappa shape index (κ2) is 7.14. The molecule has 0 aliphatic rings. The number of hydrogen-bond donors (Lipinski definition) is 0. The van der Waals surface area contributed by atoms with Gasteiger partial charge in [-0.2, -0.15) is 16.9 Å². The van der Waals surface area contributed by atoms with Crippen molar-refractivity contribution in [3.63, 3.8) is 0 Å². The maximum Gasteiger partial charge on any atom is 0.306 e. The fourth-order valence-corrected chi connectivity index (χ4v) is 2.74. The maximum absolute atomic E-state index is 11.2. The molecule has 5 heteroatoms. The molecular formula is C15H18N2O2S. The average molecular weight is 290 g/mol. The van der Waals surface area contributed by atoms with Gasteiger partial charge in [-0.05, 0) is 23.8 Å². The Balaban J connectivity index is 1.93. The summed E-state index contributed by atoms with van der Waals surface area (Å²) in [6.07, 6.45) is 4.13. The van der Waals surface area contributed by atoms with E-state index in [4.69, 9.17) is 0 Å². The Bertz CT molecular complexity index is 555. The summed E-state index contributed by atoms with van der Waals surface area (Å²) in [4.78, 5) is 11.2. The van der Waals surface area contributed by atoms with Crippen molar-refractivity contribution in [1.29, 1.82) is 0 Å². The fraction of sp³-hybridized carbons (Fsp3) is 0.333. The smallest absolute Gasteiger partial charge is 0.306 e. The number of methoxy groups -OCH3 is 1. The number of carbonyl (C=O) groups excluding carboxylic acids is 1. The van der Waals surface area contributed by atoms with E-state index in [2.05, 4.69) is 22.0 Å². The van der Waals surface area contributed by atoms with Crippen LogP contribution in [0.25, 0.3) is 5.69 Å². The van der Waals surface area contributed by atoms with Gasteiger partial charge in [0.05, 0.1) is 19.2 Å². The van der Waals surface area contributed by atoms with Crippen LogP contribution >= 0.6 is 11.8 Å². The van der Waals surface area contributed by atoms with Gasteiger partial charge in [-0.1, -0.05) is 19.1 Å². The number of esters is 1. The van der Waals surface area contributed by atoms with E-state index >= 15 is 0 Å². The van der Waals surface area contributed by atoms with Gasteiger partial charge in [-0.15, -0.1) is 0 Å². The lowest BCUT2D eigenvalue weighted by molar-refractivity contribution is -0.140. The van der Waals surface area contributed by atoms with Crippen molar-refractivity contribution in [2.24, 2.45) is 0 Å². The van der Waals surface area contributed by atoms with E-state index in [1.807, 2.05) is 36.0 Å². The van der Waals surface area contributed by atoms with E-state index < -0.39 is 0 Å². The zero-order valence-corrected chi connectivity index (χ0v) is 12.5. The summed E-state index contributed by atoms with van der Waals surface area (Å²) in [5.74, 6) is 0.711. The molecule has 0 spiro atoms. The van der Waals surface area contributed by atoms with Crippen LogP contribution in [0, 0.1) is 0 Å². The average Bonchev–Trinajstić information content (AvgIpc) is 2.99. The normalized spacial score (nSPS) is 12.1. The molecule has 1 heterocycles. The summed E-state index contributed by atoms with van der Waals surface area (Å²) in [6, 6.07) is 10.2. The third-order valence-electron chi connectivity index (χ3n) is 2.90. The second-order valence-electron chi connectivity index (χ2n) is 4.52. The van der Waals surface area contributed by atoms with Gasteiger partial charge in [0.25, 0.3) is 0 Å². The van der Waals surface area contributed by atoms with E-state index in [-0.39, 0.29) is 11.2 Å². The number of nitrogens with zero attached hydrogens (tertiary/aromatic N) is 2. The van der Waals surface area contributed by atoms with Gasteiger partial charge in [0.2, 0.25) is 0 Å². The highest BCUT2D eigenvalue weighted by atomic mass is 32.2. The van der Waals surface area contributed by atoms with Crippen LogP contribution < -0.4 is 0 Å². The topological polar surface area (TPSA) is 44.1 Å². The standard InChI is InChI=1S/C15H18N2O2S/c1-12(9-15(18)19-2)20-11-13-5-3-6-14(10-13)17-8-4-7-16-17/h3-8,10,12H,9,11H2,1-2H3/t12-/m0/s1. The molecule has 0 fully saturated rings. The van der Waals surface area contributed by atoms with Crippen molar-refractivity contribution >= 4 is 17.7 Å². The monoisotopic (exact) mass is 290 g/mol. The lowest BCUT2D eigenvalue weighted by atomic mass is 10.2. The molecule has 0 amide bonds. The van der Waals surface area contributed by atoms with E-state index in [0.717, 1.165) is 11.4 Å². The lowest BCUT2D eigenvalue weighted by Gasteiger charge is -2.10. The highest BCUT2D eigenvalue weighted by Crippen LogP contribution is 2.21. The van der Waals surface area contributed by atoms with Crippen LogP contribution in [0.2, 0.25) is 0 Å². The molecule has 4 nitrogen and oxygen atoms in total. The number of aromatic nitrogens is 2. The van der Waals surface area contributed by atoms with Gasteiger partial charge in [-0.25, -0.2) is 4.68 Å². The molecule has 1 aromatic carbocycles. The SMILES string of the molecule is COC(=O)C[C@H](C)SCc1cccc(-n2cccn2)c1. The number of carbonyl (C=O) groups is 1. The first-order valence-electron chi connectivity index (χ1n) is 6.46. The van der Waals surface area contributed by atoms with E-state index in [0.29, 0.717) is 6.42 Å². The van der Waals surface area contributed by atoms with Crippen LogP contribution in [-0.2, 0) is 15.3 Å². The van der Waals surface area contributed by atoms with Crippen LogP contribution in [-0.4, -0.2) is 28.1 Å². The summed E-state index contributed by atoms with van der Waals surface area (Å²) in [7, 11) is 1.42. The highest BCUT2D eigenvalue weighted by Gasteiger charge is 2.10. The molecule has 0 unspecified atom stereocenters. The summed E-state index contributed by atoms with van der Waals surface area (Å²) >= 11 is 1.75. The molecule has 2 rings (SSSR count). The van der Waals surface area contributed by atoms with Crippen molar-refractivity contribution in [1.82, 2.24) is 9.78 Å². The molecular weight excluding hydrogens is 272 g/mol. The minimum absolute atomic E-state index is 0.157. The molecule has 0 N–H and O–H groups in total. The number of thioether (sulfide) groups is 1. The number of benzene rings is 1. The van der Waals surface area contributed by atoms with Crippen molar-refractivity contribution in [2.75, 3.05) is 7.11 Å². The molecule has 0 radical (unpaired) electrons. The third kappa shape index (κ3) is 4.13. The summed E-state index contributed by atoms with van der Waals surface area (Å²) in [5.41, 5.74) is 2.27.